The number of benzene rings is 2. The van der Waals surface area contributed by atoms with Gasteiger partial charge in [-0.25, -0.2) is 9.38 Å². The Bertz CT molecular complexity index is 714. The lowest BCUT2D eigenvalue weighted by molar-refractivity contribution is 0.613. The summed E-state index contributed by atoms with van der Waals surface area (Å²) in [6.45, 7) is 6.07. The van der Waals surface area contributed by atoms with Gasteiger partial charge < -0.3 is 11.1 Å². The summed E-state index contributed by atoms with van der Waals surface area (Å²) < 4.78 is 14.4. The van der Waals surface area contributed by atoms with Gasteiger partial charge in [-0.3, -0.25) is 0 Å². The molecule has 0 unspecified atom stereocenters. The smallest absolute Gasteiger partial charge is 0.198 e. The summed E-state index contributed by atoms with van der Waals surface area (Å²) in [6, 6.07) is 11.6. The molecule has 0 aliphatic heterocycles. The summed E-state index contributed by atoms with van der Waals surface area (Å²) in [7, 11) is 0. The lowest BCUT2D eigenvalue weighted by Gasteiger charge is -2.10. The van der Waals surface area contributed by atoms with Crippen molar-refractivity contribution in [1.82, 2.24) is 0 Å². The van der Waals surface area contributed by atoms with Crippen LogP contribution in [0.4, 0.5) is 15.8 Å². The van der Waals surface area contributed by atoms with Gasteiger partial charge in [0, 0.05) is 5.69 Å². The molecule has 0 saturated carbocycles. The van der Waals surface area contributed by atoms with Crippen molar-refractivity contribution in [3.8, 4) is 0 Å². The van der Waals surface area contributed by atoms with E-state index in [0.717, 1.165) is 24.1 Å². The molecule has 0 saturated heterocycles. The van der Waals surface area contributed by atoms with Crippen molar-refractivity contribution >= 4 is 29.7 Å². The van der Waals surface area contributed by atoms with Crippen LogP contribution in [0.15, 0.2) is 41.4 Å². The van der Waals surface area contributed by atoms with Gasteiger partial charge in [-0.1, -0.05) is 39.0 Å². The maximum atomic E-state index is 14.4. The number of aryl methyl sites for hydroxylation is 3. The standard InChI is InChI=1S/C19H24FN3.ClH/c1-4-13-8-7-9-16(11-13)22-19(21)23-17-12-14(5-2)10-15(6-3)18(17)20;/h7-12H,4-6H2,1-3H3,(H3,21,22,23);1H. The van der Waals surface area contributed by atoms with Gasteiger partial charge in [-0.05, 0) is 54.2 Å². The molecule has 130 valence electrons. The fraction of sp³-hybridized carbons (Fsp3) is 0.316. The van der Waals surface area contributed by atoms with Crippen LogP contribution in [0.1, 0.15) is 37.5 Å². The van der Waals surface area contributed by atoms with Crippen LogP contribution in [0, 0.1) is 5.82 Å². The van der Waals surface area contributed by atoms with Gasteiger partial charge in [0.05, 0.1) is 0 Å². The number of anilines is 1. The maximum absolute atomic E-state index is 14.4. The zero-order valence-corrected chi connectivity index (χ0v) is 15.2. The van der Waals surface area contributed by atoms with Crippen LogP contribution in [0.2, 0.25) is 0 Å². The molecule has 24 heavy (non-hydrogen) atoms. The Morgan fingerprint density at radius 3 is 2.38 bits per heavy atom. The van der Waals surface area contributed by atoms with Gasteiger partial charge in [0.1, 0.15) is 5.69 Å². The second kappa shape index (κ2) is 9.28. The highest BCUT2D eigenvalue weighted by Crippen LogP contribution is 2.25. The minimum Gasteiger partial charge on any atom is -0.369 e. The number of halogens is 2. The molecular weight excluding hydrogens is 325 g/mol. The van der Waals surface area contributed by atoms with E-state index in [-0.39, 0.29) is 29.9 Å². The molecule has 2 aromatic carbocycles. The molecule has 0 spiro atoms. The highest BCUT2D eigenvalue weighted by molar-refractivity contribution is 5.94. The summed E-state index contributed by atoms with van der Waals surface area (Å²) in [5.41, 5.74) is 10.0. The van der Waals surface area contributed by atoms with Crippen LogP contribution in [-0.4, -0.2) is 5.96 Å². The molecule has 2 aromatic rings. The molecule has 0 heterocycles. The molecule has 2 rings (SSSR count). The van der Waals surface area contributed by atoms with Gasteiger partial charge in [0.2, 0.25) is 0 Å². The molecule has 0 aliphatic rings. The quantitative estimate of drug-likeness (QED) is 0.590. The van der Waals surface area contributed by atoms with E-state index in [0.29, 0.717) is 12.0 Å². The first-order chi connectivity index (χ1) is 11.1. The van der Waals surface area contributed by atoms with Crippen LogP contribution in [0.5, 0.6) is 0 Å². The third kappa shape index (κ3) is 4.96. The summed E-state index contributed by atoms with van der Waals surface area (Å²) in [6.07, 6.45) is 2.41. The fourth-order valence-electron chi connectivity index (χ4n) is 2.45. The topological polar surface area (TPSA) is 50.4 Å². The second-order valence-corrected chi connectivity index (χ2v) is 5.47. The minimum absolute atomic E-state index is 0. The second-order valence-electron chi connectivity index (χ2n) is 5.47. The van der Waals surface area contributed by atoms with Crippen molar-refractivity contribution in [2.24, 2.45) is 10.7 Å². The number of nitrogens with one attached hydrogen (secondary N) is 1. The fourth-order valence-corrected chi connectivity index (χ4v) is 2.45. The van der Waals surface area contributed by atoms with Crippen LogP contribution >= 0.6 is 12.4 Å². The van der Waals surface area contributed by atoms with Gasteiger partial charge in [-0.2, -0.15) is 0 Å². The maximum Gasteiger partial charge on any atom is 0.198 e. The summed E-state index contributed by atoms with van der Waals surface area (Å²) in [5, 5.41) is 3.03. The Morgan fingerprint density at radius 1 is 1.04 bits per heavy atom. The molecule has 0 atom stereocenters. The van der Waals surface area contributed by atoms with Gasteiger partial charge in [-0.15, -0.1) is 12.4 Å². The molecule has 0 bridgehead atoms. The summed E-state index contributed by atoms with van der Waals surface area (Å²) in [4.78, 5) is 4.23. The molecule has 0 aliphatic carbocycles. The van der Waals surface area contributed by atoms with Crippen molar-refractivity contribution in [3.05, 3.63) is 58.9 Å². The molecule has 3 nitrogen and oxygen atoms in total. The first-order valence-corrected chi connectivity index (χ1v) is 8.08. The largest absolute Gasteiger partial charge is 0.369 e. The first-order valence-electron chi connectivity index (χ1n) is 8.08. The monoisotopic (exact) mass is 349 g/mol. The normalized spacial score (nSPS) is 11.1. The Labute approximate surface area is 149 Å². The van der Waals surface area contributed by atoms with E-state index < -0.39 is 0 Å². The number of guanidine groups is 1. The molecule has 0 amide bonds. The van der Waals surface area contributed by atoms with Crippen molar-refractivity contribution in [2.75, 3.05) is 5.32 Å². The number of nitrogens with two attached hydrogens (primary N) is 1. The minimum atomic E-state index is -0.295. The first kappa shape index (κ1) is 20.0. The van der Waals surface area contributed by atoms with Gasteiger partial charge in [0.15, 0.2) is 11.8 Å². The van der Waals surface area contributed by atoms with Crippen LogP contribution < -0.4 is 11.1 Å². The molecule has 0 radical (unpaired) electrons. The average molecular weight is 350 g/mol. The molecular formula is C19H25ClFN3. The summed E-state index contributed by atoms with van der Waals surface area (Å²) >= 11 is 0. The van der Waals surface area contributed by atoms with Gasteiger partial charge >= 0.3 is 0 Å². The van der Waals surface area contributed by atoms with Crippen molar-refractivity contribution in [3.63, 3.8) is 0 Å². The Balaban J connectivity index is 0.00000288. The van der Waals surface area contributed by atoms with E-state index >= 15 is 0 Å². The van der Waals surface area contributed by atoms with E-state index in [9.17, 15) is 4.39 Å². The van der Waals surface area contributed by atoms with E-state index in [1.165, 1.54) is 5.56 Å². The van der Waals surface area contributed by atoms with E-state index in [4.69, 9.17) is 5.73 Å². The van der Waals surface area contributed by atoms with Crippen molar-refractivity contribution in [2.45, 2.75) is 40.0 Å². The van der Waals surface area contributed by atoms with Crippen LogP contribution in [0.3, 0.4) is 0 Å². The third-order valence-electron chi connectivity index (χ3n) is 3.83. The molecule has 0 aromatic heterocycles. The Kier molecular flexibility index (Phi) is 7.72. The van der Waals surface area contributed by atoms with Crippen LogP contribution in [0.25, 0.3) is 0 Å². The molecule has 3 N–H and O–H groups in total. The SMILES string of the molecule is CCc1cccc(NC(N)=Nc2cc(CC)cc(CC)c2F)c1.Cl. The van der Waals surface area contributed by atoms with Crippen molar-refractivity contribution < 1.29 is 4.39 Å². The van der Waals surface area contributed by atoms with E-state index in [1.54, 1.807) is 6.07 Å². The zero-order chi connectivity index (χ0) is 16.8. The average Bonchev–Trinajstić information content (AvgIpc) is 2.56. The molecule has 0 fully saturated rings. The third-order valence-corrected chi connectivity index (χ3v) is 3.83. The zero-order valence-electron chi connectivity index (χ0n) is 14.4. The van der Waals surface area contributed by atoms with E-state index in [1.807, 2.05) is 38.1 Å². The number of nitrogens with zero attached hydrogens (tertiary/aromatic N) is 1. The van der Waals surface area contributed by atoms with E-state index in [2.05, 4.69) is 23.3 Å². The highest BCUT2D eigenvalue weighted by atomic mass is 35.5. The predicted octanol–water partition coefficient (Wildman–Crippen LogP) is 4.99. The lowest BCUT2D eigenvalue weighted by atomic mass is 10.0. The van der Waals surface area contributed by atoms with Crippen molar-refractivity contribution in [1.29, 1.82) is 0 Å². The lowest BCUT2D eigenvalue weighted by Crippen LogP contribution is -2.22. The number of hydrogen-bond donors (Lipinski definition) is 2. The predicted molar refractivity (Wildman–Crippen MR) is 103 cm³/mol. The van der Waals surface area contributed by atoms with Gasteiger partial charge in [0.25, 0.3) is 0 Å². The number of hydrogen-bond acceptors (Lipinski definition) is 1. The number of aliphatic imine (C=N–C) groups is 1. The Hall–Kier alpha value is -2.07. The summed E-state index contributed by atoms with van der Waals surface area (Å²) in [5.74, 6) is -0.107. The van der Waals surface area contributed by atoms with Crippen LogP contribution in [-0.2, 0) is 19.3 Å². The highest BCUT2D eigenvalue weighted by Gasteiger charge is 2.09. The number of rotatable bonds is 5. The molecule has 5 heteroatoms. The Morgan fingerprint density at radius 2 is 1.75 bits per heavy atom.